The highest BCUT2D eigenvalue weighted by Crippen LogP contribution is 2.55. The van der Waals surface area contributed by atoms with Gasteiger partial charge in [0.2, 0.25) is 5.13 Å². The first kappa shape index (κ1) is 13.3. The van der Waals surface area contributed by atoms with Gasteiger partial charge in [-0.25, -0.2) is 4.79 Å². The average Bonchev–Trinajstić information content (AvgIpc) is 3.17. The fourth-order valence-corrected chi connectivity index (χ4v) is 6.32. The minimum absolute atomic E-state index is 0.0584. The quantitative estimate of drug-likeness (QED) is 0.896. The van der Waals surface area contributed by atoms with Crippen LogP contribution in [-0.4, -0.2) is 21.8 Å². The van der Waals surface area contributed by atoms with Crippen molar-refractivity contribution in [1.82, 2.24) is 15.5 Å². The van der Waals surface area contributed by atoms with Crippen LogP contribution in [0.2, 0.25) is 0 Å². The van der Waals surface area contributed by atoms with Gasteiger partial charge in [0, 0.05) is 11.5 Å². The van der Waals surface area contributed by atoms with Crippen LogP contribution < -0.4 is 10.6 Å². The molecule has 0 aliphatic heterocycles. The molecule has 5 nitrogen and oxygen atoms in total. The van der Waals surface area contributed by atoms with Gasteiger partial charge in [-0.2, -0.15) is 0 Å². The number of hydrogen-bond acceptors (Lipinski definition) is 4. The third-order valence-corrected chi connectivity index (χ3v) is 7.01. The molecule has 22 heavy (non-hydrogen) atoms. The van der Waals surface area contributed by atoms with Gasteiger partial charge in [0.25, 0.3) is 0 Å². The molecule has 4 bridgehead atoms. The maximum atomic E-state index is 12.4. The number of nitrogens with zero attached hydrogens (tertiary/aromatic N) is 2. The van der Waals surface area contributed by atoms with Gasteiger partial charge < -0.3 is 5.32 Å². The summed E-state index contributed by atoms with van der Waals surface area (Å²) in [4.78, 5) is 12.4. The molecule has 5 aliphatic carbocycles. The summed E-state index contributed by atoms with van der Waals surface area (Å²) in [6, 6.07) is -0.0829. The monoisotopic (exact) mass is 318 g/mol. The first-order valence-electron chi connectivity index (χ1n) is 8.60. The molecule has 0 radical (unpaired) electrons. The van der Waals surface area contributed by atoms with Crippen LogP contribution in [0.15, 0.2) is 0 Å². The van der Waals surface area contributed by atoms with E-state index < -0.39 is 0 Å². The Morgan fingerprint density at radius 1 is 1.05 bits per heavy atom. The van der Waals surface area contributed by atoms with Crippen molar-refractivity contribution in [1.29, 1.82) is 0 Å². The summed E-state index contributed by atoms with van der Waals surface area (Å²) >= 11 is 1.53. The van der Waals surface area contributed by atoms with Gasteiger partial charge >= 0.3 is 6.03 Å². The molecule has 0 spiro atoms. The van der Waals surface area contributed by atoms with E-state index in [9.17, 15) is 4.79 Å². The molecule has 2 amide bonds. The molecule has 1 aromatic heterocycles. The van der Waals surface area contributed by atoms with E-state index in [2.05, 4.69) is 20.8 Å². The normalized spacial score (nSPS) is 39.0. The van der Waals surface area contributed by atoms with Crippen molar-refractivity contribution in [3.63, 3.8) is 0 Å². The molecule has 2 N–H and O–H groups in total. The van der Waals surface area contributed by atoms with Crippen molar-refractivity contribution < 1.29 is 4.79 Å². The number of urea groups is 1. The lowest BCUT2D eigenvalue weighted by Gasteiger charge is -2.56. The van der Waals surface area contributed by atoms with Crippen molar-refractivity contribution >= 4 is 22.5 Å². The highest BCUT2D eigenvalue weighted by atomic mass is 32.1. The summed E-state index contributed by atoms with van der Waals surface area (Å²) < 4.78 is 0. The van der Waals surface area contributed by atoms with E-state index in [1.807, 2.05) is 0 Å². The number of amides is 2. The lowest BCUT2D eigenvalue weighted by molar-refractivity contribution is -0.0127. The zero-order chi connectivity index (χ0) is 14.7. The van der Waals surface area contributed by atoms with Crippen LogP contribution in [0.25, 0.3) is 0 Å². The molecular formula is C16H22N4OS. The van der Waals surface area contributed by atoms with Crippen molar-refractivity contribution in [3.05, 3.63) is 5.01 Å². The van der Waals surface area contributed by atoms with E-state index in [1.165, 1.54) is 62.7 Å². The Labute approximate surface area is 134 Å². The average molecular weight is 318 g/mol. The van der Waals surface area contributed by atoms with E-state index in [1.54, 1.807) is 0 Å². The Morgan fingerprint density at radius 2 is 1.68 bits per heavy atom. The van der Waals surface area contributed by atoms with Crippen molar-refractivity contribution in [2.45, 2.75) is 62.8 Å². The van der Waals surface area contributed by atoms with Crippen molar-refractivity contribution in [2.75, 3.05) is 5.32 Å². The predicted octanol–water partition coefficient (Wildman–Crippen LogP) is 3.51. The molecule has 1 heterocycles. The molecule has 5 saturated carbocycles. The second kappa shape index (κ2) is 4.66. The third kappa shape index (κ3) is 2.32. The van der Waals surface area contributed by atoms with E-state index in [0.717, 1.165) is 22.8 Å². The molecular weight excluding hydrogens is 296 g/mol. The van der Waals surface area contributed by atoms with Crippen LogP contribution in [0.4, 0.5) is 9.93 Å². The first-order chi connectivity index (χ1) is 10.7. The lowest BCUT2D eigenvalue weighted by Crippen LogP contribution is -2.60. The summed E-state index contributed by atoms with van der Waals surface area (Å²) in [6.45, 7) is 0. The zero-order valence-corrected chi connectivity index (χ0v) is 13.5. The van der Waals surface area contributed by atoms with Crippen LogP contribution >= 0.6 is 11.3 Å². The molecule has 5 aliphatic rings. The van der Waals surface area contributed by atoms with E-state index >= 15 is 0 Å². The Bertz CT molecular complexity index is 574. The Hall–Kier alpha value is -1.17. The first-order valence-corrected chi connectivity index (χ1v) is 9.42. The molecule has 118 valence electrons. The molecule has 6 rings (SSSR count). The van der Waals surface area contributed by atoms with E-state index in [4.69, 9.17) is 0 Å². The summed E-state index contributed by atoms with van der Waals surface area (Å²) in [7, 11) is 0. The maximum absolute atomic E-state index is 12.4. The molecule has 0 saturated heterocycles. The second-order valence-corrected chi connectivity index (χ2v) is 9.01. The highest BCUT2D eigenvalue weighted by Gasteiger charge is 2.51. The van der Waals surface area contributed by atoms with E-state index in [0.29, 0.717) is 11.0 Å². The molecule has 6 heteroatoms. The zero-order valence-electron chi connectivity index (χ0n) is 12.7. The Morgan fingerprint density at radius 3 is 2.27 bits per heavy atom. The summed E-state index contributed by atoms with van der Waals surface area (Å²) in [5.74, 6) is 3.12. The maximum Gasteiger partial charge on any atom is 0.321 e. The van der Waals surface area contributed by atoms with Crippen LogP contribution in [0.1, 0.15) is 62.3 Å². The Kier molecular flexibility index (Phi) is 2.82. The van der Waals surface area contributed by atoms with Gasteiger partial charge in [-0.05, 0) is 69.1 Å². The second-order valence-electron chi connectivity index (χ2n) is 8.00. The molecule has 0 aromatic carbocycles. The third-order valence-electron chi connectivity index (χ3n) is 6.00. The number of hydrogen-bond donors (Lipinski definition) is 2. The minimum atomic E-state index is -0.0829. The summed E-state index contributed by atoms with van der Waals surface area (Å²) in [6.07, 6.45) is 10.1. The number of carbonyl (C=O) groups excluding carboxylic acids is 1. The highest BCUT2D eigenvalue weighted by molar-refractivity contribution is 7.15. The van der Waals surface area contributed by atoms with Gasteiger partial charge in [-0.15, -0.1) is 10.2 Å². The number of rotatable bonds is 3. The molecule has 0 atom stereocenters. The minimum Gasteiger partial charge on any atom is -0.332 e. The van der Waals surface area contributed by atoms with Gasteiger partial charge in [0.1, 0.15) is 5.01 Å². The molecule has 5 fully saturated rings. The molecule has 0 unspecified atom stereocenters. The number of anilines is 1. The van der Waals surface area contributed by atoms with Crippen LogP contribution in [0, 0.1) is 17.8 Å². The summed E-state index contributed by atoms with van der Waals surface area (Å²) in [5, 5.41) is 16.2. The van der Waals surface area contributed by atoms with Gasteiger partial charge in [-0.1, -0.05) is 11.3 Å². The number of aromatic nitrogens is 2. The Balaban J connectivity index is 1.26. The number of nitrogens with one attached hydrogen (secondary N) is 2. The van der Waals surface area contributed by atoms with Gasteiger partial charge in [-0.3, -0.25) is 5.32 Å². The fraction of sp³-hybridized carbons (Fsp3) is 0.812. The van der Waals surface area contributed by atoms with Crippen LogP contribution in [-0.2, 0) is 0 Å². The summed E-state index contributed by atoms with van der Waals surface area (Å²) in [5.41, 5.74) is 0.0584. The SMILES string of the molecule is O=C(Nc1nnc(C2CC2)s1)NC12CC3CC(CC(C3)C1)C2. The van der Waals surface area contributed by atoms with E-state index in [-0.39, 0.29) is 11.6 Å². The van der Waals surface area contributed by atoms with Gasteiger partial charge in [0.05, 0.1) is 0 Å². The van der Waals surface area contributed by atoms with Crippen LogP contribution in [0.5, 0.6) is 0 Å². The standard InChI is InChI=1S/C16H22N4OS/c21-14(17-15-20-19-13(22-15)12-1-2-12)18-16-6-9-3-10(7-16)5-11(4-9)8-16/h9-12H,1-8H2,(H2,17,18,20,21). The smallest absolute Gasteiger partial charge is 0.321 e. The van der Waals surface area contributed by atoms with Crippen LogP contribution in [0.3, 0.4) is 0 Å². The largest absolute Gasteiger partial charge is 0.332 e. The lowest BCUT2D eigenvalue weighted by atomic mass is 9.53. The van der Waals surface area contributed by atoms with Crippen molar-refractivity contribution in [2.24, 2.45) is 17.8 Å². The topological polar surface area (TPSA) is 66.9 Å². The molecule has 1 aromatic rings. The fourth-order valence-electron chi connectivity index (χ4n) is 5.41. The predicted molar refractivity (Wildman–Crippen MR) is 84.9 cm³/mol. The van der Waals surface area contributed by atoms with Gasteiger partial charge in [0.15, 0.2) is 0 Å². The van der Waals surface area contributed by atoms with Crippen molar-refractivity contribution in [3.8, 4) is 0 Å². The number of carbonyl (C=O) groups is 1.